The lowest BCUT2D eigenvalue weighted by atomic mass is 10.2. The molecule has 1 heterocycles. The fourth-order valence-corrected chi connectivity index (χ4v) is 5.09. The summed E-state index contributed by atoms with van der Waals surface area (Å²) in [7, 11) is -3.70. The summed E-state index contributed by atoms with van der Waals surface area (Å²) in [6.45, 7) is 8.09. The van der Waals surface area contributed by atoms with Gasteiger partial charge in [0.25, 0.3) is 15.9 Å². The molecule has 0 radical (unpaired) electrons. The Morgan fingerprint density at radius 2 is 1.86 bits per heavy atom. The van der Waals surface area contributed by atoms with Gasteiger partial charge in [-0.05, 0) is 50.1 Å². The Hall–Kier alpha value is -2.38. The summed E-state index contributed by atoms with van der Waals surface area (Å²) in [6.07, 6.45) is 0.698. The molecule has 150 valence electrons. The molecule has 6 nitrogen and oxygen atoms in total. The van der Waals surface area contributed by atoms with Gasteiger partial charge in [-0.25, -0.2) is 8.42 Å². The SMILES string of the molecule is CC[NH+](CC)CCNC(=O)c1cccc(S(=O)(=O)N2CCc3ccccc32)c1. The number of carbonyl (C=O) groups excluding carboxylic acids is 1. The molecule has 2 aromatic rings. The van der Waals surface area contributed by atoms with Crippen LogP contribution in [-0.2, 0) is 16.4 Å². The number of nitrogens with one attached hydrogen (secondary N) is 2. The van der Waals surface area contributed by atoms with E-state index in [1.54, 1.807) is 18.2 Å². The van der Waals surface area contributed by atoms with Gasteiger partial charge in [0.05, 0.1) is 36.8 Å². The van der Waals surface area contributed by atoms with Crippen molar-refractivity contribution in [3.8, 4) is 0 Å². The molecule has 0 aliphatic carbocycles. The maximum Gasteiger partial charge on any atom is 0.264 e. The van der Waals surface area contributed by atoms with Gasteiger partial charge in [0.2, 0.25) is 0 Å². The average molecular weight is 403 g/mol. The third-order valence-electron chi connectivity index (χ3n) is 5.29. The number of hydrogen-bond donors (Lipinski definition) is 2. The van der Waals surface area contributed by atoms with E-state index in [9.17, 15) is 13.2 Å². The third-order valence-corrected chi connectivity index (χ3v) is 7.10. The lowest BCUT2D eigenvalue weighted by Gasteiger charge is -2.20. The topological polar surface area (TPSA) is 70.9 Å². The maximum atomic E-state index is 13.1. The van der Waals surface area contributed by atoms with E-state index in [1.165, 1.54) is 15.3 Å². The molecule has 0 fully saturated rings. The van der Waals surface area contributed by atoms with E-state index < -0.39 is 10.0 Å². The minimum absolute atomic E-state index is 0.145. The van der Waals surface area contributed by atoms with Crippen molar-refractivity contribution in [1.29, 1.82) is 0 Å². The van der Waals surface area contributed by atoms with Crippen molar-refractivity contribution < 1.29 is 18.1 Å². The highest BCUT2D eigenvalue weighted by atomic mass is 32.2. The van der Waals surface area contributed by atoms with Crippen LogP contribution in [0.3, 0.4) is 0 Å². The first-order chi connectivity index (χ1) is 13.5. The largest absolute Gasteiger partial charge is 0.346 e. The van der Waals surface area contributed by atoms with Crippen LogP contribution in [0.5, 0.6) is 0 Å². The van der Waals surface area contributed by atoms with Gasteiger partial charge in [-0.3, -0.25) is 9.10 Å². The molecule has 1 aliphatic rings. The molecule has 1 amide bonds. The van der Waals surface area contributed by atoms with Crippen molar-refractivity contribution in [2.45, 2.75) is 25.2 Å². The third kappa shape index (κ3) is 4.20. The van der Waals surface area contributed by atoms with E-state index in [0.29, 0.717) is 25.1 Å². The molecule has 3 rings (SSSR count). The van der Waals surface area contributed by atoms with E-state index in [2.05, 4.69) is 19.2 Å². The lowest BCUT2D eigenvalue weighted by Crippen LogP contribution is -3.12. The molecule has 0 saturated carbocycles. The second kappa shape index (κ2) is 8.75. The number of nitrogens with zero attached hydrogens (tertiary/aromatic N) is 1. The Balaban J connectivity index is 1.75. The molecule has 7 heteroatoms. The van der Waals surface area contributed by atoms with Gasteiger partial charge in [0.1, 0.15) is 0 Å². The molecule has 2 N–H and O–H groups in total. The number of amides is 1. The fourth-order valence-electron chi connectivity index (χ4n) is 3.54. The predicted molar refractivity (Wildman–Crippen MR) is 110 cm³/mol. The second-order valence-electron chi connectivity index (χ2n) is 6.95. The lowest BCUT2D eigenvalue weighted by molar-refractivity contribution is -0.895. The van der Waals surface area contributed by atoms with Crippen molar-refractivity contribution in [2.75, 3.05) is 37.0 Å². The van der Waals surface area contributed by atoms with Crippen LogP contribution in [0.15, 0.2) is 53.4 Å². The van der Waals surface area contributed by atoms with Gasteiger partial charge in [-0.1, -0.05) is 24.3 Å². The van der Waals surface area contributed by atoms with Crippen molar-refractivity contribution in [1.82, 2.24) is 5.32 Å². The van der Waals surface area contributed by atoms with Crippen molar-refractivity contribution in [2.24, 2.45) is 0 Å². The molecule has 0 spiro atoms. The first kappa shape index (κ1) is 20.4. The minimum Gasteiger partial charge on any atom is -0.346 e. The molecule has 0 atom stereocenters. The zero-order valence-corrected chi connectivity index (χ0v) is 17.3. The van der Waals surface area contributed by atoms with Gasteiger partial charge in [0, 0.05) is 12.1 Å². The summed E-state index contributed by atoms with van der Waals surface area (Å²) in [5, 5.41) is 2.89. The Kier molecular flexibility index (Phi) is 6.36. The number of rotatable bonds is 8. The Labute approximate surface area is 167 Å². The van der Waals surface area contributed by atoms with Gasteiger partial charge >= 0.3 is 0 Å². The van der Waals surface area contributed by atoms with Crippen LogP contribution < -0.4 is 14.5 Å². The number of sulfonamides is 1. The zero-order valence-electron chi connectivity index (χ0n) is 16.4. The van der Waals surface area contributed by atoms with E-state index in [4.69, 9.17) is 0 Å². The highest BCUT2D eigenvalue weighted by Gasteiger charge is 2.30. The quantitative estimate of drug-likeness (QED) is 0.695. The number of fused-ring (bicyclic) bond motifs is 1. The summed E-state index contributed by atoms with van der Waals surface area (Å²) in [4.78, 5) is 14.0. The summed E-state index contributed by atoms with van der Waals surface area (Å²) in [5.74, 6) is -0.245. The molecule has 0 unspecified atom stereocenters. The van der Waals surface area contributed by atoms with E-state index in [0.717, 1.165) is 30.9 Å². The summed E-state index contributed by atoms with van der Waals surface area (Å²) >= 11 is 0. The van der Waals surface area contributed by atoms with Crippen molar-refractivity contribution in [3.63, 3.8) is 0 Å². The fraction of sp³-hybridized carbons (Fsp3) is 0.381. The molecule has 0 bridgehead atoms. The first-order valence-electron chi connectivity index (χ1n) is 9.79. The van der Waals surface area contributed by atoms with E-state index >= 15 is 0 Å². The average Bonchev–Trinajstić information content (AvgIpc) is 3.16. The molecule has 28 heavy (non-hydrogen) atoms. The Morgan fingerprint density at radius 1 is 1.11 bits per heavy atom. The first-order valence-corrected chi connectivity index (χ1v) is 11.2. The smallest absolute Gasteiger partial charge is 0.264 e. The number of benzene rings is 2. The minimum atomic E-state index is -3.70. The van der Waals surface area contributed by atoms with E-state index in [1.807, 2.05) is 24.3 Å². The van der Waals surface area contributed by atoms with Crippen LogP contribution in [0.4, 0.5) is 5.69 Å². The zero-order chi connectivity index (χ0) is 20.1. The van der Waals surface area contributed by atoms with Gasteiger partial charge in [-0.15, -0.1) is 0 Å². The van der Waals surface area contributed by atoms with Crippen LogP contribution in [0.2, 0.25) is 0 Å². The molecular formula is C21H28N3O3S+. The van der Waals surface area contributed by atoms with Crippen LogP contribution in [0.25, 0.3) is 0 Å². The summed E-state index contributed by atoms with van der Waals surface area (Å²) in [5.41, 5.74) is 2.11. The Morgan fingerprint density at radius 3 is 2.61 bits per heavy atom. The summed E-state index contributed by atoms with van der Waals surface area (Å²) in [6, 6.07) is 13.8. The second-order valence-corrected chi connectivity index (χ2v) is 8.81. The van der Waals surface area contributed by atoms with Gasteiger partial charge in [-0.2, -0.15) is 0 Å². The van der Waals surface area contributed by atoms with Gasteiger partial charge < -0.3 is 10.2 Å². The number of likely N-dealkylation sites (N-methyl/N-ethyl adjacent to an activating group) is 1. The van der Waals surface area contributed by atoms with Crippen molar-refractivity contribution in [3.05, 3.63) is 59.7 Å². The van der Waals surface area contributed by atoms with Crippen LogP contribution >= 0.6 is 0 Å². The molecule has 2 aromatic carbocycles. The summed E-state index contributed by atoms with van der Waals surface area (Å²) < 4.78 is 27.7. The number of para-hydroxylation sites is 1. The van der Waals surface area contributed by atoms with Crippen molar-refractivity contribution >= 4 is 21.6 Å². The number of hydrogen-bond acceptors (Lipinski definition) is 3. The normalized spacial score (nSPS) is 13.6. The van der Waals surface area contributed by atoms with Gasteiger partial charge in [0.15, 0.2) is 0 Å². The molecule has 0 saturated heterocycles. The number of anilines is 1. The maximum absolute atomic E-state index is 13.1. The van der Waals surface area contributed by atoms with Crippen LogP contribution in [-0.4, -0.2) is 47.0 Å². The highest BCUT2D eigenvalue weighted by Crippen LogP contribution is 2.32. The van der Waals surface area contributed by atoms with Crippen LogP contribution in [0.1, 0.15) is 29.8 Å². The Bertz CT molecular complexity index is 939. The predicted octanol–water partition coefficient (Wildman–Crippen LogP) is 1.09. The molecule has 0 aromatic heterocycles. The highest BCUT2D eigenvalue weighted by molar-refractivity contribution is 7.92. The van der Waals surface area contributed by atoms with E-state index in [-0.39, 0.29) is 10.8 Å². The standard InChI is InChI=1S/C21H27N3O3S/c1-3-23(4-2)15-13-22-21(25)18-9-7-10-19(16-18)28(26,27)24-14-12-17-8-5-6-11-20(17)24/h5-11,16H,3-4,12-15H2,1-2H3,(H,22,25)/p+1. The monoisotopic (exact) mass is 402 g/mol. The van der Waals surface area contributed by atoms with Crippen LogP contribution in [0, 0.1) is 0 Å². The number of quaternary nitrogens is 1. The molecular weight excluding hydrogens is 374 g/mol. The molecule has 1 aliphatic heterocycles. The number of carbonyl (C=O) groups is 1.